The normalized spacial score (nSPS) is 36.5. The van der Waals surface area contributed by atoms with E-state index in [0.29, 0.717) is 12.0 Å². The number of rotatable bonds is 4. The Morgan fingerprint density at radius 1 is 0.944 bits per heavy atom. The highest BCUT2D eigenvalue weighted by molar-refractivity contribution is 5.70. The van der Waals surface area contributed by atoms with Gasteiger partial charge in [0.25, 0.3) is 0 Å². The average molecular weight is 497 g/mol. The van der Waals surface area contributed by atoms with E-state index >= 15 is 0 Å². The minimum Gasteiger partial charge on any atom is -0.457 e. The van der Waals surface area contributed by atoms with Gasteiger partial charge in [-0.15, -0.1) is 0 Å². The largest absolute Gasteiger partial charge is 0.457 e. The average Bonchev–Trinajstić information content (AvgIpc) is 2.85. The Morgan fingerprint density at radius 2 is 1.67 bits per heavy atom. The molecule has 0 saturated carbocycles. The summed E-state index contributed by atoms with van der Waals surface area (Å²) in [6, 6.07) is 0. The van der Waals surface area contributed by atoms with Crippen LogP contribution in [0.2, 0.25) is 0 Å². The molecule has 4 heteroatoms. The Bertz CT molecular complexity index is 848. The molecule has 0 spiro atoms. The van der Waals surface area contributed by atoms with Gasteiger partial charge in [0.1, 0.15) is 6.10 Å². The molecule has 3 unspecified atom stereocenters. The lowest BCUT2D eigenvalue weighted by molar-refractivity contribution is -0.154. The van der Waals surface area contributed by atoms with Gasteiger partial charge in [-0.2, -0.15) is 0 Å². The number of carbonyl (C=O) groups excluding carboxylic acids is 1. The summed E-state index contributed by atoms with van der Waals surface area (Å²) in [7, 11) is 0. The number of hydrogen-bond donors (Lipinski definition) is 0. The molecule has 0 amide bonds. The van der Waals surface area contributed by atoms with Crippen LogP contribution in [0.15, 0.2) is 59.8 Å². The Kier molecular flexibility index (Phi) is 11.7. The highest BCUT2D eigenvalue weighted by atomic mass is 16.5. The van der Waals surface area contributed by atoms with Crippen LogP contribution in [0.25, 0.3) is 0 Å². The molecule has 3 rings (SSSR count). The lowest BCUT2D eigenvalue weighted by atomic mass is 9.90. The van der Waals surface area contributed by atoms with Gasteiger partial charge in [0, 0.05) is 12.3 Å². The third kappa shape index (κ3) is 9.52. The van der Waals surface area contributed by atoms with Gasteiger partial charge < -0.3 is 14.2 Å². The summed E-state index contributed by atoms with van der Waals surface area (Å²) in [4.78, 5) is 13.0. The van der Waals surface area contributed by atoms with Crippen LogP contribution in [-0.2, 0) is 19.0 Å². The highest BCUT2D eigenvalue weighted by Gasteiger charge is 2.32. The van der Waals surface area contributed by atoms with E-state index in [-0.39, 0.29) is 42.7 Å². The Labute approximate surface area is 219 Å². The number of carbonyl (C=O) groups is 1. The quantitative estimate of drug-likeness (QED) is 0.226. The second-order valence-electron chi connectivity index (χ2n) is 11.0. The highest BCUT2D eigenvalue weighted by Crippen LogP contribution is 2.33. The minimum atomic E-state index is -0.314. The predicted molar refractivity (Wildman–Crippen MR) is 148 cm³/mol. The van der Waals surface area contributed by atoms with E-state index in [9.17, 15) is 4.79 Å². The van der Waals surface area contributed by atoms with E-state index in [1.807, 2.05) is 24.3 Å². The van der Waals surface area contributed by atoms with E-state index in [2.05, 4.69) is 58.9 Å². The molecule has 0 aromatic carbocycles. The summed E-state index contributed by atoms with van der Waals surface area (Å²) in [6.45, 7) is 10.7. The van der Waals surface area contributed by atoms with Gasteiger partial charge in [0.15, 0.2) is 0 Å². The van der Waals surface area contributed by atoms with Crippen LogP contribution >= 0.6 is 0 Å². The Hall–Kier alpha value is -1.91. The van der Waals surface area contributed by atoms with Gasteiger partial charge in [-0.25, -0.2) is 0 Å². The third-order valence-corrected chi connectivity index (χ3v) is 7.76. The van der Waals surface area contributed by atoms with Crippen molar-refractivity contribution < 1.29 is 19.0 Å². The molecule has 3 aliphatic heterocycles. The number of cyclic esters (lactones) is 1. The summed E-state index contributed by atoms with van der Waals surface area (Å²) >= 11 is 0. The van der Waals surface area contributed by atoms with Crippen LogP contribution in [0.4, 0.5) is 0 Å². The van der Waals surface area contributed by atoms with Crippen LogP contribution in [0.1, 0.15) is 92.4 Å². The van der Waals surface area contributed by atoms with Gasteiger partial charge in [-0.05, 0) is 70.8 Å². The van der Waals surface area contributed by atoms with Gasteiger partial charge in [-0.1, -0.05) is 74.4 Å². The fourth-order valence-electron chi connectivity index (χ4n) is 5.40. The van der Waals surface area contributed by atoms with E-state index in [1.165, 1.54) is 17.6 Å². The maximum atomic E-state index is 13.0. The molecule has 36 heavy (non-hydrogen) atoms. The fraction of sp³-hybridized carbons (Fsp3) is 0.656. The first-order valence-electron chi connectivity index (χ1n) is 14.2. The molecule has 0 aromatic rings. The first-order chi connectivity index (χ1) is 17.4. The molecule has 4 bridgehead atoms. The van der Waals surface area contributed by atoms with Crippen LogP contribution in [0.5, 0.6) is 0 Å². The number of fused-ring (bicyclic) bond motifs is 4. The zero-order valence-corrected chi connectivity index (χ0v) is 23.2. The van der Waals surface area contributed by atoms with Crippen molar-refractivity contribution in [1.29, 1.82) is 0 Å². The molecular weight excluding hydrogens is 448 g/mol. The van der Waals surface area contributed by atoms with Crippen LogP contribution < -0.4 is 0 Å². The molecule has 2 fully saturated rings. The molecule has 7 atom stereocenters. The molecule has 0 aliphatic carbocycles. The number of allylic oxidation sites excluding steroid dienone is 7. The third-order valence-electron chi connectivity index (χ3n) is 7.76. The topological polar surface area (TPSA) is 44.8 Å². The zero-order valence-electron chi connectivity index (χ0n) is 23.2. The van der Waals surface area contributed by atoms with Crippen LogP contribution in [0, 0.1) is 11.8 Å². The summed E-state index contributed by atoms with van der Waals surface area (Å²) in [6.07, 6.45) is 25.5. The SMILES string of the molecule is CC=C1CC2CC(=O)OC(C=CC=CC=C(C)CC)[C@@H](C)C=C[C@H](C)C[C@H]3CCCC(C[C@@H](C1)O2)O3. The van der Waals surface area contributed by atoms with Crippen molar-refractivity contribution in [3.8, 4) is 0 Å². The first kappa shape index (κ1) is 28.7. The van der Waals surface area contributed by atoms with E-state index < -0.39 is 0 Å². The second kappa shape index (κ2) is 14.7. The first-order valence-corrected chi connectivity index (χ1v) is 14.2. The molecule has 4 nitrogen and oxygen atoms in total. The Morgan fingerprint density at radius 3 is 2.42 bits per heavy atom. The minimum absolute atomic E-state index is 0.0769. The van der Waals surface area contributed by atoms with E-state index in [1.54, 1.807) is 0 Å². The summed E-state index contributed by atoms with van der Waals surface area (Å²) < 4.78 is 19.0. The van der Waals surface area contributed by atoms with Gasteiger partial charge in [0.05, 0.1) is 30.8 Å². The molecule has 0 radical (unpaired) electrons. The molecule has 0 aromatic heterocycles. The van der Waals surface area contributed by atoms with Crippen molar-refractivity contribution in [3.05, 3.63) is 59.8 Å². The molecule has 3 heterocycles. The zero-order chi connectivity index (χ0) is 25.9. The fourth-order valence-corrected chi connectivity index (χ4v) is 5.40. The lowest BCUT2D eigenvalue weighted by Crippen LogP contribution is -2.37. The maximum absolute atomic E-state index is 13.0. The molecule has 3 aliphatic rings. The molecule has 200 valence electrons. The van der Waals surface area contributed by atoms with Crippen molar-refractivity contribution in [3.63, 3.8) is 0 Å². The van der Waals surface area contributed by atoms with Crippen molar-refractivity contribution in [2.45, 2.75) is 123 Å². The van der Waals surface area contributed by atoms with Crippen molar-refractivity contribution in [1.82, 2.24) is 0 Å². The molecule has 0 N–H and O–H groups in total. The monoisotopic (exact) mass is 496 g/mol. The van der Waals surface area contributed by atoms with E-state index in [0.717, 1.165) is 44.9 Å². The molecular formula is C32H48O4. The summed E-state index contributed by atoms with van der Waals surface area (Å²) in [5.74, 6) is 0.301. The van der Waals surface area contributed by atoms with Gasteiger partial charge >= 0.3 is 5.97 Å². The van der Waals surface area contributed by atoms with E-state index in [4.69, 9.17) is 14.2 Å². The lowest BCUT2D eigenvalue weighted by Gasteiger charge is -2.37. The maximum Gasteiger partial charge on any atom is 0.309 e. The van der Waals surface area contributed by atoms with Gasteiger partial charge in [0.2, 0.25) is 0 Å². The van der Waals surface area contributed by atoms with Crippen molar-refractivity contribution in [2.75, 3.05) is 0 Å². The molecule has 2 saturated heterocycles. The number of hydrogen-bond acceptors (Lipinski definition) is 4. The van der Waals surface area contributed by atoms with Gasteiger partial charge in [-0.3, -0.25) is 4.79 Å². The number of ether oxygens (including phenoxy) is 3. The standard InChI is InChI=1S/C32H48O4/c1-6-23(3)12-9-8-10-15-31-25(5)17-16-24(4)18-27-13-11-14-28(34-27)21-29-19-26(7-2)20-30(35-29)22-32(33)36-31/h7-10,12,15-17,24-25,27-31H,6,11,13-14,18-22H2,1-5H3/t24-,25-,27+,28?,29+,30?,31?/m0/s1. The van der Waals surface area contributed by atoms with Crippen molar-refractivity contribution >= 4 is 5.97 Å². The Balaban J connectivity index is 1.79. The summed E-state index contributed by atoms with van der Waals surface area (Å²) in [5.41, 5.74) is 2.71. The smallest absolute Gasteiger partial charge is 0.309 e. The predicted octanol–water partition coefficient (Wildman–Crippen LogP) is 7.81. The number of esters is 1. The van der Waals surface area contributed by atoms with Crippen LogP contribution in [0.3, 0.4) is 0 Å². The van der Waals surface area contributed by atoms with Crippen molar-refractivity contribution in [2.24, 2.45) is 11.8 Å². The van der Waals surface area contributed by atoms with Crippen LogP contribution in [-0.4, -0.2) is 36.5 Å². The second-order valence-corrected chi connectivity index (χ2v) is 11.0. The summed E-state index contributed by atoms with van der Waals surface area (Å²) in [5, 5.41) is 0.